The van der Waals surface area contributed by atoms with Gasteiger partial charge < -0.3 is 15.1 Å². The van der Waals surface area contributed by atoms with Crippen molar-refractivity contribution in [3.8, 4) is 0 Å². The van der Waals surface area contributed by atoms with E-state index >= 15 is 0 Å². The fraction of sp³-hybridized carbons (Fsp3) is 0.895. The molecule has 1 aliphatic heterocycles. The average molecular weight is 479 g/mol. The molecular weight excluding hydrogens is 441 g/mol. The van der Waals surface area contributed by atoms with Gasteiger partial charge in [0.15, 0.2) is 5.96 Å². The Hall–Kier alpha value is -0.570. The second-order valence-electron chi connectivity index (χ2n) is 7.52. The minimum atomic E-state index is 0. The number of hydrogen-bond acceptors (Lipinski definition) is 3. The van der Waals surface area contributed by atoms with Gasteiger partial charge in [0.25, 0.3) is 0 Å². The molecule has 0 aromatic heterocycles. The summed E-state index contributed by atoms with van der Waals surface area (Å²) in [6, 6.07) is 1.10. The van der Waals surface area contributed by atoms with Crippen molar-refractivity contribution < 1.29 is 4.79 Å². The zero-order chi connectivity index (χ0) is 18.2. The Labute approximate surface area is 176 Å². The zero-order valence-electron chi connectivity index (χ0n) is 17.0. The van der Waals surface area contributed by atoms with E-state index in [0.29, 0.717) is 12.1 Å². The third kappa shape index (κ3) is 6.87. The van der Waals surface area contributed by atoms with Gasteiger partial charge in [-0.3, -0.25) is 9.69 Å². The van der Waals surface area contributed by atoms with Crippen LogP contribution in [0.2, 0.25) is 0 Å². The summed E-state index contributed by atoms with van der Waals surface area (Å²) in [5.74, 6) is 0.999. The Bertz CT molecular complexity index is 447. The molecule has 1 saturated heterocycles. The van der Waals surface area contributed by atoms with Crippen LogP contribution >= 0.6 is 24.0 Å². The summed E-state index contributed by atoms with van der Waals surface area (Å²) >= 11 is 0. The first-order valence-corrected chi connectivity index (χ1v) is 10.0. The molecule has 2 rings (SSSR count). The van der Waals surface area contributed by atoms with E-state index in [1.807, 2.05) is 0 Å². The molecule has 1 heterocycles. The molecule has 7 heteroatoms. The molecule has 6 nitrogen and oxygen atoms in total. The number of hydrogen-bond donors (Lipinski definition) is 1. The van der Waals surface area contributed by atoms with Gasteiger partial charge in [-0.2, -0.15) is 0 Å². The lowest BCUT2D eigenvalue weighted by molar-refractivity contribution is -0.127. The summed E-state index contributed by atoms with van der Waals surface area (Å²) in [5.41, 5.74) is 0. The van der Waals surface area contributed by atoms with E-state index in [2.05, 4.69) is 34.0 Å². The topological polar surface area (TPSA) is 51.2 Å². The highest BCUT2D eigenvalue weighted by molar-refractivity contribution is 14.0. The maximum atomic E-state index is 12.0. The molecule has 1 N–H and O–H groups in total. The number of guanidine groups is 1. The highest BCUT2D eigenvalue weighted by Crippen LogP contribution is 2.20. The maximum absolute atomic E-state index is 12.0. The Morgan fingerprint density at radius 3 is 2.35 bits per heavy atom. The van der Waals surface area contributed by atoms with Crippen molar-refractivity contribution in [2.45, 2.75) is 64.5 Å². The normalized spacial score (nSPS) is 21.7. The molecule has 152 valence electrons. The van der Waals surface area contributed by atoms with Gasteiger partial charge in [0.2, 0.25) is 5.91 Å². The van der Waals surface area contributed by atoms with E-state index in [4.69, 9.17) is 0 Å². The van der Waals surface area contributed by atoms with E-state index in [0.717, 1.165) is 32.1 Å². The highest BCUT2D eigenvalue weighted by atomic mass is 127. The number of halogens is 1. The molecule has 2 aliphatic rings. The van der Waals surface area contributed by atoms with Gasteiger partial charge in [-0.1, -0.05) is 33.1 Å². The van der Waals surface area contributed by atoms with Crippen molar-refractivity contribution in [3.05, 3.63) is 0 Å². The molecule has 2 fully saturated rings. The van der Waals surface area contributed by atoms with E-state index in [9.17, 15) is 4.79 Å². The molecule has 1 saturated carbocycles. The van der Waals surface area contributed by atoms with Crippen LogP contribution < -0.4 is 5.32 Å². The van der Waals surface area contributed by atoms with E-state index in [-0.39, 0.29) is 36.4 Å². The molecule has 0 aromatic rings. The fourth-order valence-electron chi connectivity index (χ4n) is 3.92. The summed E-state index contributed by atoms with van der Waals surface area (Å²) in [6.45, 7) is 8.92. The molecule has 1 aliphatic carbocycles. The lowest BCUT2D eigenvalue weighted by Crippen LogP contribution is -2.47. The van der Waals surface area contributed by atoms with Crippen molar-refractivity contribution in [1.82, 2.24) is 20.0 Å². The first-order valence-electron chi connectivity index (χ1n) is 10.0. The number of likely N-dealkylation sites (tertiary alicyclic amines) is 1. The third-order valence-electron chi connectivity index (χ3n) is 5.59. The number of rotatable bonds is 6. The second-order valence-corrected chi connectivity index (χ2v) is 7.52. The fourth-order valence-corrected chi connectivity index (χ4v) is 3.92. The Balaban J connectivity index is 0.00000338. The van der Waals surface area contributed by atoms with Crippen LogP contribution in [0.15, 0.2) is 4.99 Å². The van der Waals surface area contributed by atoms with Gasteiger partial charge in [-0.05, 0) is 32.4 Å². The number of nitrogens with zero attached hydrogens (tertiary/aromatic N) is 4. The van der Waals surface area contributed by atoms with Crippen LogP contribution in [0.25, 0.3) is 0 Å². The number of carbonyl (C=O) groups excluding carboxylic acids is 1. The van der Waals surface area contributed by atoms with Gasteiger partial charge in [0, 0.05) is 39.3 Å². The molecule has 1 atom stereocenters. The van der Waals surface area contributed by atoms with Crippen LogP contribution in [0.3, 0.4) is 0 Å². The highest BCUT2D eigenvalue weighted by Gasteiger charge is 2.29. The largest absolute Gasteiger partial charge is 0.353 e. The molecule has 0 radical (unpaired) electrons. The molecule has 1 unspecified atom stereocenters. The van der Waals surface area contributed by atoms with Crippen molar-refractivity contribution in [2.75, 3.05) is 46.8 Å². The predicted molar refractivity (Wildman–Crippen MR) is 119 cm³/mol. The van der Waals surface area contributed by atoms with Gasteiger partial charge in [0.05, 0.1) is 0 Å². The van der Waals surface area contributed by atoms with Gasteiger partial charge in [-0.25, -0.2) is 4.99 Å². The van der Waals surface area contributed by atoms with Crippen molar-refractivity contribution in [3.63, 3.8) is 0 Å². The SMILES string of the molecule is CCN(CC)C1CCN(C(=NCC(=O)N(C)C)NC2CCCCC2)C1.I. The van der Waals surface area contributed by atoms with Gasteiger partial charge >= 0.3 is 0 Å². The molecule has 0 aromatic carbocycles. The monoisotopic (exact) mass is 479 g/mol. The predicted octanol–water partition coefficient (Wildman–Crippen LogP) is 2.39. The van der Waals surface area contributed by atoms with Crippen LogP contribution in [-0.2, 0) is 4.79 Å². The summed E-state index contributed by atoms with van der Waals surface area (Å²) < 4.78 is 0. The van der Waals surface area contributed by atoms with Gasteiger partial charge in [-0.15, -0.1) is 24.0 Å². The third-order valence-corrected chi connectivity index (χ3v) is 5.59. The number of amides is 1. The number of likely N-dealkylation sites (N-methyl/N-ethyl adjacent to an activating group) is 2. The zero-order valence-corrected chi connectivity index (χ0v) is 19.4. The first-order chi connectivity index (χ1) is 12.0. The van der Waals surface area contributed by atoms with Gasteiger partial charge in [0.1, 0.15) is 6.54 Å². The Morgan fingerprint density at radius 1 is 1.12 bits per heavy atom. The standard InChI is InChI=1S/C19H37N5O.HI/c1-5-23(6-2)17-12-13-24(15-17)19(20-14-18(25)22(3)4)21-16-10-8-7-9-11-16;/h16-17H,5-15H2,1-4H3,(H,20,21);1H. The Kier molecular flexibility index (Phi) is 10.8. The van der Waals surface area contributed by atoms with Crippen LogP contribution in [-0.4, -0.2) is 85.5 Å². The maximum Gasteiger partial charge on any atom is 0.243 e. The van der Waals surface area contributed by atoms with Crippen molar-refractivity contribution in [1.29, 1.82) is 0 Å². The quantitative estimate of drug-likeness (QED) is 0.361. The first kappa shape index (κ1) is 23.5. The lowest BCUT2D eigenvalue weighted by atomic mass is 9.96. The summed E-state index contributed by atoms with van der Waals surface area (Å²) in [6.07, 6.45) is 7.54. The summed E-state index contributed by atoms with van der Waals surface area (Å²) in [5, 5.41) is 3.67. The van der Waals surface area contributed by atoms with Crippen LogP contribution in [0.4, 0.5) is 0 Å². The molecule has 0 bridgehead atoms. The molecule has 0 spiro atoms. The van der Waals surface area contributed by atoms with Crippen molar-refractivity contribution >= 4 is 35.8 Å². The van der Waals surface area contributed by atoms with E-state index in [1.165, 1.54) is 38.5 Å². The molecular formula is C19H38IN5O. The summed E-state index contributed by atoms with van der Waals surface area (Å²) in [7, 11) is 3.58. The average Bonchev–Trinajstić information content (AvgIpc) is 3.10. The lowest BCUT2D eigenvalue weighted by Gasteiger charge is -2.30. The molecule has 26 heavy (non-hydrogen) atoms. The van der Waals surface area contributed by atoms with Crippen LogP contribution in [0, 0.1) is 0 Å². The van der Waals surface area contributed by atoms with E-state index in [1.54, 1.807) is 19.0 Å². The minimum Gasteiger partial charge on any atom is -0.353 e. The van der Waals surface area contributed by atoms with Crippen molar-refractivity contribution in [2.24, 2.45) is 4.99 Å². The number of aliphatic imine (C=N–C) groups is 1. The number of carbonyl (C=O) groups is 1. The smallest absolute Gasteiger partial charge is 0.243 e. The van der Waals surface area contributed by atoms with Crippen LogP contribution in [0.1, 0.15) is 52.4 Å². The van der Waals surface area contributed by atoms with Crippen LogP contribution in [0.5, 0.6) is 0 Å². The minimum absolute atomic E-state index is 0. The Morgan fingerprint density at radius 2 is 1.77 bits per heavy atom. The summed E-state index contributed by atoms with van der Waals surface area (Å²) in [4.78, 5) is 23.2. The second kappa shape index (κ2) is 12.0. The van der Waals surface area contributed by atoms with E-state index < -0.39 is 0 Å². The molecule has 1 amide bonds. The number of nitrogens with one attached hydrogen (secondary N) is 1.